The third-order valence-corrected chi connectivity index (χ3v) is 5.55. The molecule has 0 aliphatic carbocycles. The lowest BCUT2D eigenvalue weighted by molar-refractivity contribution is -0.159. The van der Waals surface area contributed by atoms with Gasteiger partial charge in [-0.05, 0) is 18.9 Å². The Balaban J connectivity index is 1.78. The van der Waals surface area contributed by atoms with Crippen LogP contribution in [0, 0.1) is 5.92 Å². The van der Waals surface area contributed by atoms with Crippen LogP contribution < -0.4 is 14.8 Å². The molecule has 1 aromatic carbocycles. The van der Waals surface area contributed by atoms with Crippen LogP contribution in [0.25, 0.3) is 0 Å². The molecule has 37 heavy (non-hydrogen) atoms. The number of aliphatic hydroxyl groups excluding tert-OH is 1. The van der Waals surface area contributed by atoms with Crippen molar-refractivity contribution in [1.82, 2.24) is 10.3 Å². The Kier molecular flexibility index (Phi) is 9.39. The van der Waals surface area contributed by atoms with Gasteiger partial charge in [-0.2, -0.15) is 0 Å². The summed E-state index contributed by atoms with van der Waals surface area (Å²) in [6, 6.07) is 9.04. The number of pyridine rings is 1. The van der Waals surface area contributed by atoms with Crippen molar-refractivity contribution < 1.29 is 48.0 Å². The number of benzene rings is 1. The van der Waals surface area contributed by atoms with Crippen LogP contribution in [0.4, 0.5) is 0 Å². The predicted octanol–water partition coefficient (Wildman–Crippen LogP) is 0.796. The summed E-state index contributed by atoms with van der Waals surface area (Å²) in [7, 11) is 1.34. The first-order valence-corrected chi connectivity index (χ1v) is 11.4. The number of carbonyl (C=O) groups excluding carboxylic acids is 4. The Morgan fingerprint density at radius 3 is 2.57 bits per heavy atom. The minimum atomic E-state index is -1.41. The number of esters is 3. The number of ether oxygens (including phenoxy) is 5. The zero-order chi connectivity index (χ0) is 26.9. The van der Waals surface area contributed by atoms with E-state index in [0.717, 1.165) is 5.56 Å². The molecule has 198 valence electrons. The topological polar surface area (TPSA) is 160 Å². The van der Waals surface area contributed by atoms with Gasteiger partial charge in [-0.1, -0.05) is 30.3 Å². The lowest BCUT2D eigenvalue weighted by Gasteiger charge is -2.25. The largest absolute Gasteiger partial charge is 0.493 e. The number of amides is 1. The molecule has 0 bridgehead atoms. The summed E-state index contributed by atoms with van der Waals surface area (Å²) in [5, 5.41) is 13.2. The van der Waals surface area contributed by atoms with Crippen molar-refractivity contribution in [2.24, 2.45) is 5.92 Å². The van der Waals surface area contributed by atoms with Gasteiger partial charge in [0.05, 0.1) is 13.0 Å². The number of hydrogen-bond acceptors (Lipinski definition) is 11. The first kappa shape index (κ1) is 27.4. The van der Waals surface area contributed by atoms with Crippen molar-refractivity contribution in [3.8, 4) is 11.5 Å². The third kappa shape index (κ3) is 7.17. The number of rotatable bonds is 8. The van der Waals surface area contributed by atoms with Crippen LogP contribution in [-0.4, -0.2) is 72.7 Å². The molecule has 1 saturated heterocycles. The molecule has 0 radical (unpaired) electrons. The standard InChI is InChI=1S/C25H28N2O10/c1-14-21(29)17(11-16-7-5-4-6-8-16)24(31)34-12-18(25(32)37-14)27-23(30)20-22(36-13-35-15(2)28)19(33-3)9-10-26-20/h4-10,14,17-18,21,29H,11-13H2,1-3H3,(H,27,30)/t14-,17+,18-,21-/m0/s1. The minimum absolute atomic E-state index is 0.122. The predicted molar refractivity (Wildman–Crippen MR) is 125 cm³/mol. The van der Waals surface area contributed by atoms with Crippen molar-refractivity contribution >= 4 is 23.8 Å². The van der Waals surface area contributed by atoms with Gasteiger partial charge in [-0.15, -0.1) is 0 Å². The second kappa shape index (κ2) is 12.7. The molecular weight excluding hydrogens is 488 g/mol. The number of methoxy groups -OCH3 is 1. The van der Waals surface area contributed by atoms with E-state index in [2.05, 4.69) is 10.3 Å². The minimum Gasteiger partial charge on any atom is -0.493 e. The van der Waals surface area contributed by atoms with Gasteiger partial charge in [0.25, 0.3) is 5.91 Å². The second-order valence-electron chi connectivity index (χ2n) is 8.17. The van der Waals surface area contributed by atoms with Crippen LogP contribution >= 0.6 is 0 Å². The van der Waals surface area contributed by atoms with E-state index in [1.807, 2.05) is 6.07 Å². The van der Waals surface area contributed by atoms with Crippen LogP contribution in [0.15, 0.2) is 42.6 Å². The highest BCUT2D eigenvalue weighted by atomic mass is 16.7. The number of carbonyl (C=O) groups is 4. The maximum Gasteiger partial charge on any atom is 0.332 e. The normalized spacial score (nSPS) is 21.8. The molecule has 1 aromatic heterocycles. The molecule has 1 amide bonds. The van der Waals surface area contributed by atoms with Crippen molar-refractivity contribution in [3.63, 3.8) is 0 Å². The summed E-state index contributed by atoms with van der Waals surface area (Å²) in [6.45, 7) is 1.58. The van der Waals surface area contributed by atoms with Gasteiger partial charge in [0.2, 0.25) is 6.79 Å². The van der Waals surface area contributed by atoms with Gasteiger partial charge in [0.15, 0.2) is 23.2 Å². The number of nitrogens with one attached hydrogen (secondary N) is 1. The van der Waals surface area contributed by atoms with E-state index >= 15 is 0 Å². The molecular formula is C25H28N2O10. The molecule has 3 rings (SSSR count). The smallest absolute Gasteiger partial charge is 0.332 e. The Bertz CT molecular complexity index is 1120. The fraction of sp³-hybridized carbons (Fsp3) is 0.400. The lowest BCUT2D eigenvalue weighted by atomic mass is 9.91. The molecule has 0 unspecified atom stereocenters. The monoisotopic (exact) mass is 516 g/mol. The van der Waals surface area contributed by atoms with Gasteiger partial charge in [-0.25, -0.2) is 9.78 Å². The fourth-order valence-electron chi connectivity index (χ4n) is 3.61. The second-order valence-corrected chi connectivity index (χ2v) is 8.17. The van der Waals surface area contributed by atoms with E-state index in [-0.39, 0.29) is 23.6 Å². The lowest BCUT2D eigenvalue weighted by Crippen LogP contribution is -2.46. The number of cyclic esters (lactones) is 2. The Morgan fingerprint density at radius 1 is 1.16 bits per heavy atom. The Labute approximate surface area is 212 Å². The van der Waals surface area contributed by atoms with Crippen LogP contribution in [0.5, 0.6) is 11.5 Å². The molecule has 1 fully saturated rings. The molecule has 2 N–H and O–H groups in total. The number of hydrogen-bond donors (Lipinski definition) is 2. The fourth-order valence-corrected chi connectivity index (χ4v) is 3.61. The van der Waals surface area contributed by atoms with Gasteiger partial charge >= 0.3 is 17.9 Å². The highest BCUT2D eigenvalue weighted by Crippen LogP contribution is 2.29. The van der Waals surface area contributed by atoms with Gasteiger partial charge in [-0.3, -0.25) is 14.4 Å². The van der Waals surface area contributed by atoms with Crippen LogP contribution in [0.1, 0.15) is 29.9 Å². The maximum absolute atomic E-state index is 13.0. The van der Waals surface area contributed by atoms with Crippen molar-refractivity contribution in [2.45, 2.75) is 38.5 Å². The zero-order valence-electron chi connectivity index (χ0n) is 20.5. The highest BCUT2D eigenvalue weighted by Gasteiger charge is 2.39. The molecule has 2 heterocycles. The summed E-state index contributed by atoms with van der Waals surface area (Å²) in [5.74, 6) is -4.15. The third-order valence-electron chi connectivity index (χ3n) is 5.55. The van der Waals surface area contributed by atoms with Crippen molar-refractivity contribution in [1.29, 1.82) is 0 Å². The summed E-state index contributed by atoms with van der Waals surface area (Å²) >= 11 is 0. The average molecular weight is 517 g/mol. The van der Waals surface area contributed by atoms with E-state index in [4.69, 9.17) is 23.7 Å². The number of aromatic nitrogens is 1. The zero-order valence-corrected chi connectivity index (χ0v) is 20.5. The van der Waals surface area contributed by atoms with Gasteiger partial charge < -0.3 is 34.1 Å². The summed E-state index contributed by atoms with van der Waals surface area (Å²) < 4.78 is 25.9. The molecule has 1 aliphatic rings. The van der Waals surface area contributed by atoms with E-state index in [1.165, 1.54) is 33.2 Å². The van der Waals surface area contributed by atoms with Gasteiger partial charge in [0.1, 0.15) is 18.8 Å². The molecule has 4 atom stereocenters. The SMILES string of the molecule is COc1ccnc(C(=O)N[C@H]2COC(=O)[C@H](Cc3ccccc3)[C@@H](O)[C@H](C)OC2=O)c1OCOC(C)=O. The molecule has 12 nitrogen and oxygen atoms in total. The first-order valence-electron chi connectivity index (χ1n) is 11.4. The highest BCUT2D eigenvalue weighted by molar-refractivity contribution is 5.98. The van der Waals surface area contributed by atoms with Gasteiger partial charge in [0, 0.05) is 19.2 Å². The van der Waals surface area contributed by atoms with Crippen molar-refractivity contribution in [2.75, 3.05) is 20.5 Å². The average Bonchev–Trinajstić information content (AvgIpc) is 2.91. The van der Waals surface area contributed by atoms with Crippen LogP contribution in [0.3, 0.4) is 0 Å². The van der Waals surface area contributed by atoms with E-state index in [9.17, 15) is 24.3 Å². The maximum atomic E-state index is 13.0. The molecule has 2 aromatic rings. The van der Waals surface area contributed by atoms with E-state index < -0.39 is 61.4 Å². The summed E-state index contributed by atoms with van der Waals surface area (Å²) in [6.07, 6.45) is -0.965. The number of aliphatic hydroxyl groups is 1. The van der Waals surface area contributed by atoms with E-state index in [0.29, 0.717) is 0 Å². The summed E-state index contributed by atoms with van der Waals surface area (Å²) in [5.41, 5.74) is 0.511. The van der Waals surface area contributed by atoms with Crippen LogP contribution in [0.2, 0.25) is 0 Å². The quantitative estimate of drug-likeness (QED) is 0.290. The summed E-state index contributed by atoms with van der Waals surface area (Å²) in [4.78, 5) is 53.7. The van der Waals surface area contributed by atoms with Crippen LogP contribution in [-0.2, 0) is 35.0 Å². The molecule has 12 heteroatoms. The Morgan fingerprint density at radius 2 is 1.89 bits per heavy atom. The molecule has 0 spiro atoms. The Hall–Kier alpha value is -4.19. The molecule has 0 saturated carbocycles. The first-order chi connectivity index (χ1) is 17.7. The molecule has 1 aliphatic heterocycles. The van der Waals surface area contributed by atoms with Crippen molar-refractivity contribution in [3.05, 3.63) is 53.9 Å². The van der Waals surface area contributed by atoms with E-state index in [1.54, 1.807) is 24.3 Å². The number of nitrogens with zero attached hydrogens (tertiary/aromatic N) is 1.